The summed E-state index contributed by atoms with van der Waals surface area (Å²) in [6.45, 7) is 1.24. The highest BCUT2D eigenvalue weighted by Crippen LogP contribution is 2.22. The van der Waals surface area contributed by atoms with Gasteiger partial charge < -0.3 is 10.6 Å². The van der Waals surface area contributed by atoms with Crippen molar-refractivity contribution in [3.8, 4) is 0 Å². The highest BCUT2D eigenvalue weighted by atomic mass is 19.3. The molecule has 0 aromatic carbocycles. The maximum Gasteiger partial charge on any atom is 0.324 e. The topological polar surface area (TPSA) is 41.1 Å². The molecule has 3 nitrogen and oxygen atoms in total. The summed E-state index contributed by atoms with van der Waals surface area (Å²) in [7, 11) is 0. The van der Waals surface area contributed by atoms with Crippen molar-refractivity contribution in [3.05, 3.63) is 0 Å². The molecule has 2 atom stereocenters. The first-order valence-corrected chi connectivity index (χ1v) is 5.51. The summed E-state index contributed by atoms with van der Waals surface area (Å²) in [6, 6.07) is -0.121. The van der Waals surface area contributed by atoms with Gasteiger partial charge in [-0.25, -0.2) is 8.78 Å². The molecule has 0 aliphatic carbocycles. The Morgan fingerprint density at radius 1 is 1.53 bits per heavy atom. The van der Waals surface area contributed by atoms with Crippen LogP contribution in [0.15, 0.2) is 0 Å². The van der Waals surface area contributed by atoms with Crippen molar-refractivity contribution >= 4 is 5.91 Å². The Morgan fingerprint density at radius 3 is 2.71 bits per heavy atom. The predicted molar refractivity (Wildman–Crippen MR) is 54.1 cm³/mol. The number of carbonyl (C=O) groups excluding carboxylic acids is 1. The van der Waals surface area contributed by atoms with Crippen molar-refractivity contribution in [2.24, 2.45) is 5.92 Å². The summed E-state index contributed by atoms with van der Waals surface area (Å²) in [6.07, 6.45) is -2.40. The average molecular weight is 256 g/mol. The summed E-state index contributed by atoms with van der Waals surface area (Å²) in [5.41, 5.74) is 0. The highest BCUT2D eigenvalue weighted by molar-refractivity contribution is 5.79. The highest BCUT2D eigenvalue weighted by Gasteiger charge is 2.41. The minimum atomic E-state index is -4.17. The van der Waals surface area contributed by atoms with Crippen LogP contribution in [0.25, 0.3) is 0 Å². The van der Waals surface area contributed by atoms with Crippen molar-refractivity contribution in [1.82, 2.24) is 10.6 Å². The van der Waals surface area contributed by atoms with Gasteiger partial charge in [-0.3, -0.25) is 4.79 Å². The second kappa shape index (κ2) is 5.66. The molecule has 17 heavy (non-hydrogen) atoms. The molecule has 0 saturated carbocycles. The van der Waals surface area contributed by atoms with E-state index in [0.717, 1.165) is 13.0 Å². The van der Waals surface area contributed by atoms with Crippen LogP contribution in [0.3, 0.4) is 0 Å². The summed E-state index contributed by atoms with van der Waals surface area (Å²) in [4.78, 5) is 11.5. The minimum absolute atomic E-state index is 0.121. The lowest BCUT2D eigenvalue weighted by Crippen LogP contribution is -2.49. The van der Waals surface area contributed by atoms with Gasteiger partial charge in [-0.1, -0.05) is 0 Å². The third-order valence-electron chi connectivity index (χ3n) is 2.92. The number of alkyl halides is 4. The number of nitrogens with one attached hydrogen (secondary N) is 2. The summed E-state index contributed by atoms with van der Waals surface area (Å²) in [5, 5.41) is 4.93. The monoisotopic (exact) mass is 256 g/mol. The summed E-state index contributed by atoms with van der Waals surface area (Å²) >= 11 is 0. The Bertz CT molecular complexity index is 273. The Labute approximate surface area is 96.9 Å². The number of rotatable bonds is 4. The molecule has 0 radical (unpaired) electrons. The van der Waals surface area contributed by atoms with E-state index in [1.54, 1.807) is 6.92 Å². The lowest BCUT2D eigenvalue weighted by molar-refractivity contribution is -0.139. The zero-order chi connectivity index (χ0) is 13.1. The van der Waals surface area contributed by atoms with E-state index >= 15 is 0 Å². The first kappa shape index (κ1) is 14.2. The van der Waals surface area contributed by atoms with Crippen LogP contribution in [0.5, 0.6) is 0 Å². The molecule has 7 heteroatoms. The van der Waals surface area contributed by atoms with Crippen LogP contribution in [-0.2, 0) is 4.79 Å². The second-order valence-corrected chi connectivity index (χ2v) is 4.27. The van der Waals surface area contributed by atoms with Crippen molar-refractivity contribution in [1.29, 1.82) is 0 Å². The smallest absolute Gasteiger partial charge is 0.324 e. The standard InChI is InChI=1S/C10H16F4N2O/c1-6-7(3-2-4-15-6)8(17)16-5-10(13,14)9(11)12/h6-7,9,15H,2-5H2,1H3,(H,16,17). The Balaban J connectivity index is 2.44. The molecule has 100 valence electrons. The van der Waals surface area contributed by atoms with Crippen LogP contribution in [0, 0.1) is 5.92 Å². The number of piperidine rings is 1. The molecule has 1 rings (SSSR count). The van der Waals surface area contributed by atoms with E-state index in [-0.39, 0.29) is 6.04 Å². The molecule has 1 aliphatic rings. The van der Waals surface area contributed by atoms with Crippen LogP contribution >= 0.6 is 0 Å². The van der Waals surface area contributed by atoms with Gasteiger partial charge in [0, 0.05) is 6.04 Å². The average Bonchev–Trinajstić information content (AvgIpc) is 2.26. The maximum atomic E-state index is 12.6. The Hall–Kier alpha value is -0.850. The molecule has 1 amide bonds. The molecule has 0 bridgehead atoms. The SMILES string of the molecule is CC1NCCCC1C(=O)NCC(F)(F)C(F)F. The second-order valence-electron chi connectivity index (χ2n) is 4.27. The molecule has 0 spiro atoms. The van der Waals surface area contributed by atoms with E-state index < -0.39 is 30.7 Å². The molecule has 0 aromatic rings. The molecule has 2 unspecified atom stereocenters. The van der Waals surface area contributed by atoms with Crippen LogP contribution in [-0.4, -0.2) is 37.4 Å². The quantitative estimate of drug-likeness (QED) is 0.746. The molecular weight excluding hydrogens is 240 g/mol. The van der Waals surface area contributed by atoms with Crippen LogP contribution in [0.4, 0.5) is 17.6 Å². The van der Waals surface area contributed by atoms with Gasteiger partial charge in [0.15, 0.2) is 0 Å². The summed E-state index contributed by atoms with van der Waals surface area (Å²) in [5.74, 6) is -5.19. The van der Waals surface area contributed by atoms with E-state index in [9.17, 15) is 22.4 Å². The van der Waals surface area contributed by atoms with E-state index in [1.807, 2.05) is 5.32 Å². The van der Waals surface area contributed by atoms with Gasteiger partial charge in [-0.2, -0.15) is 8.78 Å². The number of halogens is 4. The Morgan fingerprint density at radius 2 is 2.18 bits per heavy atom. The molecular formula is C10H16F4N2O. The van der Waals surface area contributed by atoms with E-state index in [1.165, 1.54) is 0 Å². The largest absolute Gasteiger partial charge is 0.350 e. The zero-order valence-electron chi connectivity index (χ0n) is 9.48. The van der Waals surface area contributed by atoms with Gasteiger partial charge in [-0.05, 0) is 26.3 Å². The lowest BCUT2D eigenvalue weighted by Gasteiger charge is -2.29. The number of hydrogen-bond donors (Lipinski definition) is 2. The van der Waals surface area contributed by atoms with Crippen molar-refractivity contribution in [2.45, 2.75) is 38.2 Å². The molecule has 1 heterocycles. The van der Waals surface area contributed by atoms with Crippen molar-refractivity contribution < 1.29 is 22.4 Å². The first-order chi connectivity index (χ1) is 7.84. The van der Waals surface area contributed by atoms with Gasteiger partial charge in [0.2, 0.25) is 5.91 Å². The molecule has 1 aliphatic heterocycles. The summed E-state index contributed by atoms with van der Waals surface area (Å²) < 4.78 is 48.9. The molecule has 0 aromatic heterocycles. The number of amides is 1. The van der Waals surface area contributed by atoms with Gasteiger partial charge in [0.25, 0.3) is 0 Å². The fourth-order valence-electron chi connectivity index (χ4n) is 1.82. The van der Waals surface area contributed by atoms with Gasteiger partial charge in [0.05, 0.1) is 12.5 Å². The third kappa shape index (κ3) is 3.83. The Kier molecular flexibility index (Phi) is 4.73. The van der Waals surface area contributed by atoms with E-state index in [2.05, 4.69) is 5.32 Å². The van der Waals surface area contributed by atoms with Crippen molar-refractivity contribution in [2.75, 3.05) is 13.1 Å². The number of hydrogen-bond acceptors (Lipinski definition) is 2. The third-order valence-corrected chi connectivity index (χ3v) is 2.92. The van der Waals surface area contributed by atoms with Gasteiger partial charge >= 0.3 is 12.3 Å². The normalized spacial score (nSPS) is 26.0. The fraction of sp³-hybridized carbons (Fsp3) is 0.900. The lowest BCUT2D eigenvalue weighted by atomic mass is 9.91. The van der Waals surface area contributed by atoms with Crippen LogP contribution in [0.1, 0.15) is 19.8 Å². The molecule has 1 saturated heterocycles. The maximum absolute atomic E-state index is 12.6. The first-order valence-electron chi connectivity index (χ1n) is 5.51. The minimum Gasteiger partial charge on any atom is -0.350 e. The van der Waals surface area contributed by atoms with Gasteiger partial charge in [0.1, 0.15) is 0 Å². The van der Waals surface area contributed by atoms with Gasteiger partial charge in [-0.15, -0.1) is 0 Å². The molecule has 2 N–H and O–H groups in total. The van der Waals surface area contributed by atoms with Crippen LogP contribution < -0.4 is 10.6 Å². The fourth-order valence-corrected chi connectivity index (χ4v) is 1.82. The molecule has 1 fully saturated rings. The van der Waals surface area contributed by atoms with Crippen molar-refractivity contribution in [3.63, 3.8) is 0 Å². The van der Waals surface area contributed by atoms with Crippen LogP contribution in [0.2, 0.25) is 0 Å². The number of carbonyl (C=O) groups is 1. The zero-order valence-corrected chi connectivity index (χ0v) is 9.48. The van der Waals surface area contributed by atoms with E-state index in [0.29, 0.717) is 6.42 Å². The predicted octanol–water partition coefficient (Wildman–Crippen LogP) is 1.39. The van der Waals surface area contributed by atoms with E-state index in [4.69, 9.17) is 0 Å².